The Kier molecular flexibility index (Phi) is 6.20. The molecule has 6 nitrogen and oxygen atoms in total. The minimum absolute atomic E-state index is 0.0795. The van der Waals surface area contributed by atoms with Crippen LogP contribution in [-0.4, -0.2) is 29.1 Å². The number of carbonyl (C=O) groups is 2. The highest BCUT2D eigenvalue weighted by Crippen LogP contribution is 2.29. The third kappa shape index (κ3) is 4.33. The van der Waals surface area contributed by atoms with E-state index in [1.807, 2.05) is 55.5 Å². The van der Waals surface area contributed by atoms with E-state index in [0.29, 0.717) is 33.6 Å². The molecule has 0 atom stereocenters. The highest BCUT2D eigenvalue weighted by molar-refractivity contribution is 6.14. The number of aryl methyl sites for hydroxylation is 1. The molecule has 4 rings (SSSR count). The highest BCUT2D eigenvalue weighted by Gasteiger charge is 2.19. The second-order valence-electron chi connectivity index (χ2n) is 7.81. The predicted octanol–water partition coefficient (Wildman–Crippen LogP) is 5.05. The van der Waals surface area contributed by atoms with Crippen LogP contribution in [0.15, 0.2) is 66.7 Å². The smallest absolute Gasteiger partial charge is 0.338 e. The van der Waals surface area contributed by atoms with Crippen molar-refractivity contribution < 1.29 is 19.4 Å². The molecule has 0 aliphatic rings. The molecule has 33 heavy (non-hydrogen) atoms. The Balaban J connectivity index is 1.81. The Labute approximate surface area is 191 Å². The van der Waals surface area contributed by atoms with Crippen LogP contribution in [0.4, 0.5) is 5.69 Å². The van der Waals surface area contributed by atoms with E-state index in [9.17, 15) is 14.7 Å². The quantitative estimate of drug-likeness (QED) is 0.424. The number of amides is 1. The molecule has 1 aromatic heterocycles. The minimum Gasteiger partial charge on any atom is -0.465 e. The summed E-state index contributed by atoms with van der Waals surface area (Å²) in [5.41, 5.74) is 5.81. The zero-order valence-corrected chi connectivity index (χ0v) is 18.7. The Hall–Kier alpha value is -4.03. The number of hydrogen-bond acceptors (Lipinski definition) is 5. The van der Waals surface area contributed by atoms with Gasteiger partial charge in [-0.15, -0.1) is 0 Å². The second-order valence-corrected chi connectivity index (χ2v) is 7.81. The number of carbonyl (C=O) groups excluding carboxylic acids is 2. The van der Waals surface area contributed by atoms with E-state index >= 15 is 0 Å². The topological polar surface area (TPSA) is 88.5 Å². The molecule has 0 aliphatic carbocycles. The predicted molar refractivity (Wildman–Crippen MR) is 128 cm³/mol. The number of ether oxygens (including phenoxy) is 1. The first kappa shape index (κ1) is 22.2. The van der Waals surface area contributed by atoms with E-state index in [0.717, 1.165) is 22.1 Å². The fourth-order valence-electron chi connectivity index (χ4n) is 3.89. The number of methoxy groups -OCH3 is 1. The van der Waals surface area contributed by atoms with Crippen molar-refractivity contribution in [1.29, 1.82) is 0 Å². The lowest BCUT2D eigenvalue weighted by atomic mass is 10.0. The average molecular weight is 440 g/mol. The standard InChI is InChI=1S/C27H24N2O4/c1-16-11-12-20(27(32)33-3)17(2)25(16)29-26(31)22-14-24(19-8-6-7-18(13-19)15-30)28-23-10-5-4-9-21(22)23/h4-14,30H,15H2,1-3H3,(H,29,31). The van der Waals surface area contributed by atoms with Gasteiger partial charge in [-0.1, -0.05) is 42.5 Å². The van der Waals surface area contributed by atoms with Crippen molar-refractivity contribution in [3.8, 4) is 11.3 Å². The highest BCUT2D eigenvalue weighted by atomic mass is 16.5. The van der Waals surface area contributed by atoms with Crippen LogP contribution in [0.25, 0.3) is 22.2 Å². The number of pyridine rings is 1. The van der Waals surface area contributed by atoms with Crippen molar-refractivity contribution in [3.63, 3.8) is 0 Å². The van der Waals surface area contributed by atoms with Crippen molar-refractivity contribution in [2.24, 2.45) is 0 Å². The molecule has 0 saturated carbocycles. The number of benzene rings is 3. The molecular weight excluding hydrogens is 416 g/mol. The van der Waals surface area contributed by atoms with Crippen molar-refractivity contribution in [2.45, 2.75) is 20.5 Å². The SMILES string of the molecule is COC(=O)c1ccc(C)c(NC(=O)c2cc(-c3cccc(CO)c3)nc3ccccc23)c1C. The summed E-state index contributed by atoms with van der Waals surface area (Å²) in [5, 5.41) is 13.2. The first-order valence-electron chi connectivity index (χ1n) is 10.5. The van der Waals surface area contributed by atoms with Crippen LogP contribution in [0.1, 0.15) is 37.4 Å². The zero-order valence-electron chi connectivity index (χ0n) is 18.7. The number of para-hydroxylation sites is 1. The summed E-state index contributed by atoms with van der Waals surface area (Å²) in [5.74, 6) is -0.759. The van der Waals surface area contributed by atoms with Gasteiger partial charge >= 0.3 is 5.97 Å². The molecule has 0 bridgehead atoms. The average Bonchev–Trinajstić information content (AvgIpc) is 2.85. The molecule has 3 aromatic carbocycles. The fourth-order valence-corrected chi connectivity index (χ4v) is 3.89. The molecule has 0 aliphatic heterocycles. The zero-order chi connectivity index (χ0) is 23.5. The van der Waals surface area contributed by atoms with Crippen LogP contribution in [0, 0.1) is 13.8 Å². The number of nitrogens with zero attached hydrogens (tertiary/aromatic N) is 1. The number of nitrogens with one attached hydrogen (secondary N) is 1. The summed E-state index contributed by atoms with van der Waals surface area (Å²) in [6, 6.07) is 20.1. The number of aromatic nitrogens is 1. The molecule has 0 radical (unpaired) electrons. The third-order valence-corrected chi connectivity index (χ3v) is 5.68. The number of hydrogen-bond donors (Lipinski definition) is 2. The van der Waals surface area contributed by atoms with Crippen LogP contribution in [0.3, 0.4) is 0 Å². The Morgan fingerprint density at radius 1 is 0.970 bits per heavy atom. The molecule has 0 saturated heterocycles. The monoisotopic (exact) mass is 440 g/mol. The molecule has 0 spiro atoms. The van der Waals surface area contributed by atoms with Gasteiger partial charge in [-0.3, -0.25) is 4.79 Å². The van der Waals surface area contributed by atoms with Crippen LogP contribution in [-0.2, 0) is 11.3 Å². The lowest BCUT2D eigenvalue weighted by molar-refractivity contribution is 0.0599. The lowest BCUT2D eigenvalue weighted by Crippen LogP contribution is -2.16. The summed E-state index contributed by atoms with van der Waals surface area (Å²) < 4.78 is 4.87. The van der Waals surface area contributed by atoms with Crippen molar-refractivity contribution >= 4 is 28.5 Å². The molecular formula is C27H24N2O4. The molecule has 6 heteroatoms. The van der Waals surface area contributed by atoms with Crippen LogP contribution in [0.2, 0.25) is 0 Å². The van der Waals surface area contributed by atoms with E-state index in [1.165, 1.54) is 7.11 Å². The minimum atomic E-state index is -0.455. The number of fused-ring (bicyclic) bond motifs is 1. The Morgan fingerprint density at radius 3 is 2.52 bits per heavy atom. The fraction of sp³-hybridized carbons (Fsp3) is 0.148. The summed E-state index contributed by atoms with van der Waals surface area (Å²) >= 11 is 0. The van der Waals surface area contributed by atoms with Crippen molar-refractivity contribution in [3.05, 3.63) is 94.5 Å². The van der Waals surface area contributed by atoms with Gasteiger partial charge in [0.1, 0.15) is 0 Å². The third-order valence-electron chi connectivity index (χ3n) is 5.68. The summed E-state index contributed by atoms with van der Waals surface area (Å²) in [7, 11) is 1.33. The van der Waals surface area contributed by atoms with Crippen molar-refractivity contribution in [1.82, 2.24) is 4.98 Å². The normalized spacial score (nSPS) is 10.8. The van der Waals surface area contributed by atoms with E-state index in [1.54, 1.807) is 25.1 Å². The molecule has 2 N–H and O–H groups in total. The molecule has 4 aromatic rings. The van der Waals surface area contributed by atoms with Crippen LogP contribution >= 0.6 is 0 Å². The van der Waals surface area contributed by atoms with Gasteiger partial charge < -0.3 is 15.2 Å². The van der Waals surface area contributed by atoms with E-state index in [4.69, 9.17) is 9.72 Å². The number of aliphatic hydroxyl groups excluding tert-OH is 1. The number of anilines is 1. The number of esters is 1. The van der Waals surface area contributed by atoms with Gasteiger partial charge in [0.05, 0.1) is 36.1 Å². The van der Waals surface area contributed by atoms with Crippen molar-refractivity contribution in [2.75, 3.05) is 12.4 Å². The summed E-state index contributed by atoms with van der Waals surface area (Å²) in [6.45, 7) is 3.58. The van der Waals surface area contributed by atoms with Crippen LogP contribution in [0.5, 0.6) is 0 Å². The van der Waals surface area contributed by atoms with Gasteiger partial charge in [-0.25, -0.2) is 9.78 Å². The van der Waals surface area contributed by atoms with Gasteiger partial charge in [0.15, 0.2) is 0 Å². The molecule has 1 heterocycles. The maximum Gasteiger partial charge on any atom is 0.338 e. The number of aliphatic hydroxyl groups is 1. The van der Waals surface area contributed by atoms with E-state index in [2.05, 4.69) is 5.32 Å². The Bertz CT molecular complexity index is 1380. The summed E-state index contributed by atoms with van der Waals surface area (Å²) in [4.78, 5) is 30.3. The molecule has 0 unspecified atom stereocenters. The Morgan fingerprint density at radius 2 is 1.76 bits per heavy atom. The van der Waals surface area contributed by atoms with E-state index in [-0.39, 0.29) is 12.5 Å². The molecule has 1 amide bonds. The molecule has 166 valence electrons. The van der Waals surface area contributed by atoms with Crippen LogP contribution < -0.4 is 5.32 Å². The van der Waals surface area contributed by atoms with Gasteiger partial charge in [-0.2, -0.15) is 0 Å². The largest absolute Gasteiger partial charge is 0.465 e. The maximum atomic E-state index is 13.5. The molecule has 0 fully saturated rings. The second kappa shape index (κ2) is 9.22. The first-order chi connectivity index (χ1) is 15.9. The van der Waals surface area contributed by atoms with E-state index < -0.39 is 5.97 Å². The lowest BCUT2D eigenvalue weighted by Gasteiger charge is -2.16. The first-order valence-corrected chi connectivity index (χ1v) is 10.5. The maximum absolute atomic E-state index is 13.5. The van der Waals surface area contributed by atoms with Gasteiger partial charge in [0, 0.05) is 16.6 Å². The number of rotatable bonds is 5. The van der Waals surface area contributed by atoms with Gasteiger partial charge in [0.2, 0.25) is 0 Å². The van der Waals surface area contributed by atoms with Gasteiger partial charge in [0.25, 0.3) is 5.91 Å². The van der Waals surface area contributed by atoms with Gasteiger partial charge in [-0.05, 0) is 54.8 Å². The summed E-state index contributed by atoms with van der Waals surface area (Å²) in [6.07, 6.45) is 0.